The van der Waals surface area contributed by atoms with Crippen molar-refractivity contribution >= 4 is 11.9 Å². The fourth-order valence-electron chi connectivity index (χ4n) is 5.00. The van der Waals surface area contributed by atoms with E-state index in [1.807, 2.05) is 54.6 Å². The van der Waals surface area contributed by atoms with Crippen LogP contribution in [0.15, 0.2) is 54.6 Å². The topological polar surface area (TPSA) is 79.6 Å². The molecule has 0 N–H and O–H groups in total. The molecule has 2 aromatic rings. The van der Waals surface area contributed by atoms with Gasteiger partial charge in [-0.25, -0.2) is 4.79 Å². The van der Waals surface area contributed by atoms with Crippen molar-refractivity contribution in [3.63, 3.8) is 0 Å². The highest BCUT2D eigenvalue weighted by Gasteiger charge is 2.46. The van der Waals surface area contributed by atoms with Gasteiger partial charge in [-0.3, -0.25) is 9.69 Å². The van der Waals surface area contributed by atoms with Gasteiger partial charge in [-0.2, -0.15) is 5.26 Å². The minimum Gasteiger partial charge on any atom is -0.445 e. The first-order valence-corrected chi connectivity index (χ1v) is 11.2. The van der Waals surface area contributed by atoms with Crippen LogP contribution in [0.2, 0.25) is 0 Å². The van der Waals surface area contributed by atoms with E-state index >= 15 is 0 Å². The van der Waals surface area contributed by atoms with Crippen LogP contribution in [-0.4, -0.2) is 42.1 Å². The number of carbonyl (C=O) groups excluding carboxylic acids is 2. The number of nitrogens with zero attached hydrogens (tertiary/aromatic N) is 2. The van der Waals surface area contributed by atoms with Gasteiger partial charge >= 0.3 is 6.09 Å². The average molecular weight is 431 g/mol. The summed E-state index contributed by atoms with van der Waals surface area (Å²) in [6, 6.07) is 19.2. The van der Waals surface area contributed by atoms with Gasteiger partial charge in [0.1, 0.15) is 6.61 Å². The molecular formula is C26H26N2O4. The third-order valence-corrected chi connectivity index (χ3v) is 6.99. The molecule has 6 nitrogen and oxygen atoms in total. The van der Waals surface area contributed by atoms with Crippen molar-refractivity contribution in [3.8, 4) is 6.07 Å². The van der Waals surface area contributed by atoms with Gasteiger partial charge in [0, 0.05) is 11.5 Å². The van der Waals surface area contributed by atoms with Crippen molar-refractivity contribution in [2.24, 2.45) is 5.92 Å². The Bertz CT molecular complexity index is 1030. The van der Waals surface area contributed by atoms with E-state index < -0.39 is 0 Å². The summed E-state index contributed by atoms with van der Waals surface area (Å²) in [6.45, 7) is 1.07. The maximum absolute atomic E-state index is 13.2. The van der Waals surface area contributed by atoms with Crippen LogP contribution in [0.4, 0.5) is 4.79 Å². The molecule has 2 atom stereocenters. The van der Waals surface area contributed by atoms with Crippen molar-refractivity contribution in [3.05, 3.63) is 71.3 Å². The molecule has 2 aliphatic heterocycles. The molecule has 2 bridgehead atoms. The molecule has 1 amide bonds. The lowest BCUT2D eigenvalue weighted by molar-refractivity contribution is -0.0755. The third kappa shape index (κ3) is 3.89. The summed E-state index contributed by atoms with van der Waals surface area (Å²) >= 11 is 0. The number of ether oxygens (including phenoxy) is 2. The fourth-order valence-corrected chi connectivity index (χ4v) is 5.00. The fraction of sp³-hybridized carbons (Fsp3) is 0.423. The van der Waals surface area contributed by atoms with Crippen LogP contribution < -0.4 is 0 Å². The van der Waals surface area contributed by atoms with Crippen LogP contribution in [0, 0.1) is 17.2 Å². The van der Waals surface area contributed by atoms with Crippen molar-refractivity contribution < 1.29 is 19.1 Å². The Balaban J connectivity index is 1.24. The van der Waals surface area contributed by atoms with Gasteiger partial charge in [-0.05, 0) is 36.8 Å². The van der Waals surface area contributed by atoms with E-state index in [0.29, 0.717) is 31.6 Å². The Hall–Kier alpha value is -3.17. The normalized spacial score (nSPS) is 25.5. The standard InChI is InChI=1S/C26H26N2O4/c27-17-26(10-11-26)21-8-6-19(7-9-21)24(29)20-12-22-15-31-16-23(13-20)28(22)25(30)32-14-18-4-2-1-3-5-18/h1-9,20,22-23H,10-16H2. The van der Waals surface area contributed by atoms with Crippen LogP contribution in [0.25, 0.3) is 0 Å². The summed E-state index contributed by atoms with van der Waals surface area (Å²) in [4.78, 5) is 27.8. The van der Waals surface area contributed by atoms with E-state index in [4.69, 9.17) is 9.47 Å². The first-order valence-electron chi connectivity index (χ1n) is 11.2. The summed E-state index contributed by atoms with van der Waals surface area (Å²) in [6.07, 6.45) is 2.57. The van der Waals surface area contributed by atoms with Crippen LogP contribution in [0.1, 0.15) is 47.2 Å². The van der Waals surface area contributed by atoms with E-state index in [1.165, 1.54) is 0 Å². The number of fused-ring (bicyclic) bond motifs is 2. The minimum atomic E-state index is -0.346. The second kappa shape index (κ2) is 8.40. The maximum atomic E-state index is 13.2. The largest absolute Gasteiger partial charge is 0.445 e. The van der Waals surface area contributed by atoms with Crippen LogP contribution in [-0.2, 0) is 21.5 Å². The lowest BCUT2D eigenvalue weighted by atomic mass is 9.80. The summed E-state index contributed by atoms with van der Waals surface area (Å²) in [5.74, 6) is -0.0451. The van der Waals surface area contributed by atoms with Crippen molar-refractivity contribution in [1.82, 2.24) is 4.90 Å². The number of benzene rings is 2. The van der Waals surface area contributed by atoms with E-state index in [9.17, 15) is 14.9 Å². The SMILES string of the molecule is N#CC1(c2ccc(C(=O)C3CC4COCC(C3)N4C(=O)OCc3ccccc3)cc2)CC1. The van der Waals surface area contributed by atoms with Crippen LogP contribution in [0.5, 0.6) is 0 Å². The van der Waals surface area contributed by atoms with E-state index in [-0.39, 0.29) is 41.9 Å². The van der Waals surface area contributed by atoms with Crippen molar-refractivity contribution in [2.75, 3.05) is 13.2 Å². The molecule has 32 heavy (non-hydrogen) atoms. The molecule has 3 fully saturated rings. The quantitative estimate of drug-likeness (QED) is 0.663. The molecular weight excluding hydrogens is 404 g/mol. The second-order valence-corrected chi connectivity index (χ2v) is 9.10. The van der Waals surface area contributed by atoms with Gasteiger partial charge in [0.2, 0.25) is 0 Å². The monoisotopic (exact) mass is 430 g/mol. The lowest BCUT2D eigenvalue weighted by Crippen LogP contribution is -2.59. The number of Topliss-reactive ketones (excluding diaryl/α,β-unsaturated/α-hetero) is 1. The van der Waals surface area contributed by atoms with Gasteiger partial charge in [0.15, 0.2) is 5.78 Å². The van der Waals surface area contributed by atoms with Gasteiger partial charge < -0.3 is 9.47 Å². The molecule has 0 spiro atoms. The number of morpholine rings is 1. The summed E-state index contributed by atoms with van der Waals surface area (Å²) < 4.78 is 11.3. The van der Waals surface area contributed by atoms with Gasteiger partial charge in [-0.15, -0.1) is 0 Å². The zero-order valence-corrected chi connectivity index (χ0v) is 17.9. The smallest absolute Gasteiger partial charge is 0.410 e. The molecule has 164 valence electrons. The summed E-state index contributed by atoms with van der Waals surface area (Å²) in [5, 5.41) is 9.39. The Morgan fingerprint density at radius 2 is 1.69 bits per heavy atom. The van der Waals surface area contributed by atoms with Gasteiger partial charge in [0.05, 0.1) is 36.8 Å². The molecule has 1 aliphatic carbocycles. The Labute approximate surface area is 187 Å². The first kappa shape index (κ1) is 20.7. The van der Waals surface area contributed by atoms with Gasteiger partial charge in [0.25, 0.3) is 0 Å². The molecule has 2 heterocycles. The highest BCUT2D eigenvalue weighted by Crippen LogP contribution is 2.47. The number of hydrogen-bond donors (Lipinski definition) is 0. The summed E-state index contributed by atoms with van der Waals surface area (Å²) in [7, 11) is 0. The second-order valence-electron chi connectivity index (χ2n) is 9.10. The van der Waals surface area contributed by atoms with Crippen molar-refractivity contribution in [2.45, 2.75) is 49.8 Å². The number of rotatable bonds is 5. The predicted molar refractivity (Wildman–Crippen MR) is 117 cm³/mol. The highest BCUT2D eigenvalue weighted by atomic mass is 16.6. The Morgan fingerprint density at radius 3 is 2.28 bits per heavy atom. The van der Waals surface area contributed by atoms with E-state index in [1.54, 1.807) is 4.90 Å². The third-order valence-electron chi connectivity index (χ3n) is 6.99. The molecule has 5 rings (SSSR count). The van der Waals surface area contributed by atoms with E-state index in [0.717, 1.165) is 24.0 Å². The number of ketones is 1. The molecule has 1 saturated carbocycles. The van der Waals surface area contributed by atoms with Crippen LogP contribution in [0.3, 0.4) is 0 Å². The molecule has 2 saturated heterocycles. The van der Waals surface area contributed by atoms with Crippen LogP contribution >= 0.6 is 0 Å². The summed E-state index contributed by atoms with van der Waals surface area (Å²) in [5.41, 5.74) is 2.27. The number of nitriles is 1. The Morgan fingerprint density at radius 1 is 1.03 bits per heavy atom. The number of carbonyl (C=O) groups is 2. The highest BCUT2D eigenvalue weighted by molar-refractivity contribution is 5.98. The first-order chi connectivity index (χ1) is 15.6. The predicted octanol–water partition coefficient (Wildman–Crippen LogP) is 4.24. The average Bonchev–Trinajstić information content (AvgIpc) is 3.63. The zero-order chi connectivity index (χ0) is 22.1. The minimum absolute atomic E-state index is 0.104. The zero-order valence-electron chi connectivity index (χ0n) is 17.9. The number of hydrogen-bond acceptors (Lipinski definition) is 5. The van der Waals surface area contributed by atoms with E-state index in [2.05, 4.69) is 6.07 Å². The molecule has 2 unspecified atom stereocenters. The Kier molecular flexibility index (Phi) is 5.44. The maximum Gasteiger partial charge on any atom is 0.410 e. The number of amides is 1. The molecule has 6 heteroatoms. The lowest BCUT2D eigenvalue weighted by Gasteiger charge is -2.47. The van der Waals surface area contributed by atoms with Gasteiger partial charge in [-0.1, -0.05) is 54.6 Å². The van der Waals surface area contributed by atoms with Crippen molar-refractivity contribution in [1.29, 1.82) is 5.26 Å². The number of piperidine rings is 1. The molecule has 3 aliphatic rings. The molecule has 0 radical (unpaired) electrons. The molecule has 0 aromatic heterocycles. The molecule has 2 aromatic carbocycles.